The van der Waals surface area contributed by atoms with E-state index in [0.717, 1.165) is 0 Å². The maximum Gasteiger partial charge on any atom is 0.310 e. The van der Waals surface area contributed by atoms with Crippen molar-refractivity contribution >= 4 is 25.3 Å². The number of carbonyl (C=O) groups is 1. The van der Waals surface area contributed by atoms with E-state index in [4.69, 9.17) is 9.16 Å². The van der Waals surface area contributed by atoms with Gasteiger partial charge in [0, 0.05) is 12.6 Å². The zero-order valence-electron chi connectivity index (χ0n) is 21.8. The molecule has 0 heterocycles. The topological polar surface area (TPSA) is 64.6 Å². The van der Waals surface area contributed by atoms with E-state index in [2.05, 4.69) is 46.3 Å². The molecule has 0 spiro atoms. The summed E-state index contributed by atoms with van der Waals surface area (Å²) in [6, 6.07) is -0.280. The normalized spacial score (nSPS) is 16.8. The Balaban J connectivity index is 5.53. The predicted molar refractivity (Wildman–Crippen MR) is 131 cm³/mol. The Morgan fingerprint density at radius 3 is 1.67 bits per heavy atom. The van der Waals surface area contributed by atoms with Crippen molar-refractivity contribution < 1.29 is 18.2 Å². The summed E-state index contributed by atoms with van der Waals surface area (Å²) in [4.78, 5) is 12.7. The van der Waals surface area contributed by atoms with Gasteiger partial charge in [-0.3, -0.25) is 4.79 Å². The number of nitrogens with one attached hydrogen (secondary N) is 1. The van der Waals surface area contributed by atoms with Gasteiger partial charge in [-0.1, -0.05) is 48.5 Å². The molecular formula is C23H49NO4SSi. The van der Waals surface area contributed by atoms with Crippen molar-refractivity contribution in [2.45, 2.75) is 129 Å². The molecule has 0 aliphatic rings. The van der Waals surface area contributed by atoms with E-state index in [1.54, 1.807) is 0 Å². The Morgan fingerprint density at radius 1 is 0.900 bits per heavy atom. The monoisotopic (exact) mass is 463 g/mol. The van der Waals surface area contributed by atoms with Gasteiger partial charge in [0.05, 0.1) is 21.7 Å². The lowest BCUT2D eigenvalue weighted by atomic mass is 10.00. The first-order valence-corrected chi connectivity index (χ1v) is 14.7. The second-order valence-electron chi connectivity index (χ2n) is 11.4. The highest BCUT2D eigenvalue weighted by atomic mass is 32.2. The Labute approximate surface area is 190 Å². The first kappa shape index (κ1) is 29.8. The Kier molecular flexibility index (Phi) is 11.5. The molecule has 180 valence electrons. The third-order valence-electron chi connectivity index (χ3n) is 5.68. The van der Waals surface area contributed by atoms with Crippen LogP contribution in [-0.2, 0) is 24.9 Å². The van der Waals surface area contributed by atoms with Gasteiger partial charge in [0.25, 0.3) is 0 Å². The fourth-order valence-corrected chi connectivity index (χ4v) is 10.6. The molecule has 0 unspecified atom stereocenters. The van der Waals surface area contributed by atoms with E-state index in [-0.39, 0.29) is 12.0 Å². The van der Waals surface area contributed by atoms with E-state index in [0.29, 0.717) is 29.7 Å². The molecule has 0 amide bonds. The highest BCUT2D eigenvalue weighted by molar-refractivity contribution is 7.84. The lowest BCUT2D eigenvalue weighted by molar-refractivity contribution is -0.160. The average molecular weight is 464 g/mol. The summed E-state index contributed by atoms with van der Waals surface area (Å²) in [5.41, 5.74) is 0.938. The Morgan fingerprint density at radius 2 is 1.33 bits per heavy atom. The fraction of sp³-hybridized carbons (Fsp3) is 0.957. The van der Waals surface area contributed by atoms with Crippen molar-refractivity contribution in [1.29, 1.82) is 0 Å². The molecule has 0 rings (SSSR count). The van der Waals surface area contributed by atoms with Crippen molar-refractivity contribution in [1.82, 2.24) is 4.72 Å². The van der Waals surface area contributed by atoms with Crippen LogP contribution < -0.4 is 4.72 Å². The molecule has 0 fully saturated rings. The number of esters is 1. The summed E-state index contributed by atoms with van der Waals surface area (Å²) in [5.74, 6) is -0.696. The minimum absolute atomic E-state index is 0.272. The quantitative estimate of drug-likeness (QED) is 0.303. The van der Waals surface area contributed by atoms with Gasteiger partial charge in [0.2, 0.25) is 0 Å². The summed E-state index contributed by atoms with van der Waals surface area (Å²) in [6.07, 6.45) is 0.614. The van der Waals surface area contributed by atoms with E-state index in [9.17, 15) is 9.00 Å². The van der Waals surface area contributed by atoms with Crippen molar-refractivity contribution in [3.8, 4) is 0 Å². The molecule has 1 N–H and O–H groups in total. The first-order chi connectivity index (χ1) is 13.4. The second kappa shape index (κ2) is 11.6. The fourth-order valence-electron chi connectivity index (χ4n) is 4.15. The number of ether oxygens (including phenoxy) is 1. The Bertz CT molecular complexity index is 543. The van der Waals surface area contributed by atoms with Gasteiger partial charge < -0.3 is 9.16 Å². The molecule has 5 nitrogen and oxygen atoms in total. The third-order valence-corrected chi connectivity index (χ3v) is 13.4. The molecule has 0 aromatic heterocycles. The van der Waals surface area contributed by atoms with E-state index in [1.165, 1.54) is 0 Å². The number of hydrogen-bond acceptors (Lipinski definition) is 4. The summed E-state index contributed by atoms with van der Waals surface area (Å²) in [5, 5.41) is 0. The van der Waals surface area contributed by atoms with Gasteiger partial charge in [0.15, 0.2) is 8.32 Å². The summed E-state index contributed by atoms with van der Waals surface area (Å²) < 4.78 is 27.9. The molecule has 7 heteroatoms. The maximum atomic E-state index is 12.8. The van der Waals surface area contributed by atoms with Gasteiger partial charge in [-0.15, -0.1) is 0 Å². The Hall–Kier alpha value is -0.243. The minimum Gasteiger partial charge on any atom is -0.460 e. The molecule has 0 aliphatic heterocycles. The average Bonchev–Trinajstić information content (AvgIpc) is 2.53. The van der Waals surface area contributed by atoms with E-state index < -0.39 is 35.6 Å². The zero-order chi connectivity index (χ0) is 24.1. The molecule has 0 aliphatic carbocycles. The number of hydrogen-bond donors (Lipinski definition) is 1. The van der Waals surface area contributed by atoms with Crippen molar-refractivity contribution in [3.05, 3.63) is 0 Å². The predicted octanol–water partition coefficient (Wildman–Crippen LogP) is 5.97. The van der Waals surface area contributed by atoms with Gasteiger partial charge >= 0.3 is 5.97 Å². The maximum absolute atomic E-state index is 12.8. The van der Waals surface area contributed by atoms with Gasteiger partial charge in [-0.25, -0.2) is 8.93 Å². The van der Waals surface area contributed by atoms with Crippen molar-refractivity contribution in [3.63, 3.8) is 0 Å². The van der Waals surface area contributed by atoms with Crippen LogP contribution in [0.2, 0.25) is 16.6 Å². The van der Waals surface area contributed by atoms with Crippen molar-refractivity contribution in [2.75, 3.05) is 6.61 Å². The highest BCUT2D eigenvalue weighted by Crippen LogP contribution is 2.42. The molecular weight excluding hydrogens is 414 g/mol. The lowest BCUT2D eigenvalue weighted by Gasteiger charge is -2.42. The third kappa shape index (κ3) is 8.71. The van der Waals surface area contributed by atoms with Gasteiger partial charge in [-0.05, 0) is 64.6 Å². The zero-order valence-corrected chi connectivity index (χ0v) is 23.7. The van der Waals surface area contributed by atoms with Crippen molar-refractivity contribution in [2.24, 2.45) is 5.92 Å². The second-order valence-corrected chi connectivity index (χ2v) is 18.8. The van der Waals surface area contributed by atoms with Gasteiger partial charge in [0.1, 0.15) is 5.60 Å². The first-order valence-electron chi connectivity index (χ1n) is 11.4. The van der Waals surface area contributed by atoms with Crippen LogP contribution in [0, 0.1) is 5.92 Å². The largest absolute Gasteiger partial charge is 0.460 e. The van der Waals surface area contributed by atoms with Crippen LogP contribution in [0.5, 0.6) is 0 Å². The van der Waals surface area contributed by atoms with Gasteiger partial charge in [-0.2, -0.15) is 0 Å². The molecule has 0 saturated carbocycles. The minimum atomic E-state index is -1.99. The van der Waals surface area contributed by atoms with Crippen LogP contribution in [0.3, 0.4) is 0 Å². The standard InChI is InChI=1S/C23H49NO4SSi/c1-16(2)30(17(3)4,18(5)6)27-15-14-20(24-29(26)23(11,12)13)19(7)21(25)28-22(8,9)10/h16-20,24H,14-15H2,1-13H3/t19-,20-,29+/m1/s1. The SMILES string of the molecule is CC(C)[Si](OCC[C@@H](N[S@@](=O)C(C)(C)C)[C@@H](C)C(=O)OC(C)(C)C)(C(C)C)C(C)C. The van der Waals surface area contributed by atoms with Crippen LogP contribution in [0.15, 0.2) is 0 Å². The number of carbonyl (C=O) groups excluding carboxylic acids is 1. The summed E-state index contributed by atoms with van der Waals surface area (Å²) >= 11 is 0. The smallest absolute Gasteiger partial charge is 0.310 e. The van der Waals surface area contributed by atoms with Crippen LogP contribution in [0.25, 0.3) is 0 Å². The molecule has 30 heavy (non-hydrogen) atoms. The van der Waals surface area contributed by atoms with E-state index >= 15 is 0 Å². The van der Waals surface area contributed by atoms with Crippen LogP contribution in [-0.4, -0.2) is 41.5 Å². The molecule has 3 atom stereocenters. The molecule has 0 aromatic carbocycles. The van der Waals surface area contributed by atoms with E-state index in [1.807, 2.05) is 48.5 Å². The molecule has 0 aromatic rings. The summed E-state index contributed by atoms with van der Waals surface area (Å²) in [6.45, 7) is 27.4. The molecule has 0 radical (unpaired) electrons. The molecule has 0 saturated heterocycles. The highest BCUT2D eigenvalue weighted by Gasteiger charge is 2.45. The number of rotatable bonds is 11. The summed E-state index contributed by atoms with van der Waals surface area (Å²) in [7, 11) is -3.27. The lowest BCUT2D eigenvalue weighted by Crippen LogP contribution is -2.50. The van der Waals surface area contributed by atoms with Crippen LogP contribution in [0.4, 0.5) is 0 Å². The molecule has 0 bridgehead atoms. The van der Waals surface area contributed by atoms with Crippen LogP contribution >= 0.6 is 0 Å². The van der Waals surface area contributed by atoms with Crippen LogP contribution in [0.1, 0.15) is 96.4 Å².